The highest BCUT2D eigenvalue weighted by Crippen LogP contribution is 2.49. The first-order valence-electron chi connectivity index (χ1n) is 9.96. The summed E-state index contributed by atoms with van der Waals surface area (Å²) < 4.78 is 31.7. The van der Waals surface area contributed by atoms with E-state index >= 15 is 0 Å². The second-order valence-electron chi connectivity index (χ2n) is 8.51. The number of halogens is 3. The van der Waals surface area contributed by atoms with Crippen LogP contribution in [0.1, 0.15) is 36.8 Å². The number of carboxylic acid groups (broad SMARTS) is 1. The van der Waals surface area contributed by atoms with Crippen molar-refractivity contribution >= 4 is 12.0 Å². The van der Waals surface area contributed by atoms with Crippen molar-refractivity contribution in [2.75, 3.05) is 27.2 Å². The number of nitrogens with one attached hydrogen (secondary N) is 1. The monoisotopic (exact) mass is 429 g/mol. The summed E-state index contributed by atoms with van der Waals surface area (Å²) in [7, 11) is 3.60. The van der Waals surface area contributed by atoms with E-state index in [9.17, 15) is 18.0 Å². The number of carbonyl (C=O) groups is 2. The van der Waals surface area contributed by atoms with Crippen molar-refractivity contribution in [3.63, 3.8) is 0 Å². The molecule has 3 rings (SSSR count). The highest BCUT2D eigenvalue weighted by Gasteiger charge is 2.46. The Labute approximate surface area is 175 Å². The molecule has 1 saturated carbocycles. The van der Waals surface area contributed by atoms with Crippen LogP contribution in [0.3, 0.4) is 0 Å². The van der Waals surface area contributed by atoms with Gasteiger partial charge in [0.2, 0.25) is 0 Å². The minimum Gasteiger partial charge on any atom is -0.475 e. The number of piperidine rings is 1. The summed E-state index contributed by atoms with van der Waals surface area (Å²) in [5.41, 5.74) is 3.23. The molecular weight excluding hydrogens is 399 g/mol. The number of benzene rings is 1. The first-order chi connectivity index (χ1) is 13.9. The maximum atomic E-state index is 11.7. The van der Waals surface area contributed by atoms with Gasteiger partial charge in [0.25, 0.3) is 0 Å². The van der Waals surface area contributed by atoms with E-state index in [1.807, 2.05) is 0 Å². The number of carboxylic acids is 1. The number of carbonyl (C=O) groups excluding carboxylic acids is 1. The molecule has 1 heterocycles. The van der Waals surface area contributed by atoms with Crippen LogP contribution in [0.2, 0.25) is 0 Å². The minimum atomic E-state index is -5.08. The van der Waals surface area contributed by atoms with Gasteiger partial charge in [0, 0.05) is 26.7 Å². The van der Waals surface area contributed by atoms with Gasteiger partial charge in [-0.1, -0.05) is 29.8 Å². The number of hydrogen-bond donors (Lipinski definition) is 2. The Morgan fingerprint density at radius 3 is 2.10 bits per heavy atom. The van der Waals surface area contributed by atoms with Crippen molar-refractivity contribution in [1.82, 2.24) is 15.1 Å². The van der Waals surface area contributed by atoms with Crippen LogP contribution in [0.4, 0.5) is 18.0 Å². The molecule has 0 aromatic heterocycles. The molecule has 2 N–H and O–H groups in total. The summed E-state index contributed by atoms with van der Waals surface area (Å²) >= 11 is 0. The molecule has 1 spiro atoms. The van der Waals surface area contributed by atoms with Crippen LogP contribution in [0.15, 0.2) is 24.3 Å². The predicted octanol–water partition coefficient (Wildman–Crippen LogP) is 3.64. The Bertz CT molecular complexity index is 719. The molecular formula is C21H30F3N3O3. The fraction of sp³-hybridized carbons (Fsp3) is 0.619. The highest BCUT2D eigenvalue weighted by atomic mass is 19.4. The van der Waals surface area contributed by atoms with Crippen LogP contribution in [0, 0.1) is 12.3 Å². The largest absolute Gasteiger partial charge is 0.490 e. The number of likely N-dealkylation sites (tertiary alicyclic amines) is 1. The third-order valence-corrected chi connectivity index (χ3v) is 5.78. The lowest BCUT2D eigenvalue weighted by molar-refractivity contribution is -0.192. The van der Waals surface area contributed by atoms with E-state index in [0.717, 1.165) is 19.4 Å². The number of aliphatic carboxylic acids is 1. The Morgan fingerprint density at radius 2 is 1.67 bits per heavy atom. The lowest BCUT2D eigenvalue weighted by Gasteiger charge is -2.52. The van der Waals surface area contributed by atoms with E-state index in [4.69, 9.17) is 9.90 Å². The summed E-state index contributed by atoms with van der Waals surface area (Å²) in [6.45, 7) is 5.57. The minimum absolute atomic E-state index is 0.0432. The molecule has 2 aliphatic rings. The van der Waals surface area contributed by atoms with Gasteiger partial charge >= 0.3 is 18.2 Å². The van der Waals surface area contributed by atoms with Crippen molar-refractivity contribution < 1.29 is 27.9 Å². The van der Waals surface area contributed by atoms with Crippen molar-refractivity contribution in [2.24, 2.45) is 5.41 Å². The van der Waals surface area contributed by atoms with Gasteiger partial charge in [0.15, 0.2) is 0 Å². The SMILES string of the molecule is Cc1ccc(CN2CCC3(CC2)CC(NC(=O)N(C)C)C3)cc1.O=C(O)C(F)(F)F. The normalized spacial score (nSPS) is 18.7. The van der Waals surface area contributed by atoms with Gasteiger partial charge < -0.3 is 15.3 Å². The molecule has 168 valence electrons. The number of amides is 2. The summed E-state index contributed by atoms with van der Waals surface area (Å²) in [5.74, 6) is -2.76. The van der Waals surface area contributed by atoms with E-state index in [1.54, 1.807) is 19.0 Å². The van der Waals surface area contributed by atoms with E-state index in [2.05, 4.69) is 41.4 Å². The van der Waals surface area contributed by atoms with Crippen molar-refractivity contribution in [2.45, 2.75) is 51.4 Å². The lowest BCUT2D eigenvalue weighted by atomic mass is 9.60. The van der Waals surface area contributed by atoms with Gasteiger partial charge in [-0.15, -0.1) is 0 Å². The fourth-order valence-corrected chi connectivity index (χ4v) is 3.94. The summed E-state index contributed by atoms with van der Waals surface area (Å²) in [6, 6.07) is 9.32. The van der Waals surface area contributed by atoms with Crippen LogP contribution in [0.25, 0.3) is 0 Å². The van der Waals surface area contributed by atoms with Crippen LogP contribution >= 0.6 is 0 Å². The smallest absolute Gasteiger partial charge is 0.475 e. The zero-order chi connectivity index (χ0) is 22.5. The Morgan fingerprint density at radius 1 is 1.17 bits per heavy atom. The molecule has 1 aliphatic carbocycles. The molecule has 0 radical (unpaired) electrons. The van der Waals surface area contributed by atoms with Gasteiger partial charge in [-0.25, -0.2) is 9.59 Å². The Hall–Kier alpha value is -2.29. The maximum Gasteiger partial charge on any atom is 0.490 e. The number of nitrogens with zero attached hydrogens (tertiary/aromatic N) is 2. The van der Waals surface area contributed by atoms with Gasteiger partial charge in [-0.05, 0) is 56.7 Å². The summed E-state index contributed by atoms with van der Waals surface area (Å²) in [4.78, 5) is 24.8. The van der Waals surface area contributed by atoms with E-state index in [1.165, 1.54) is 37.1 Å². The van der Waals surface area contributed by atoms with Crippen molar-refractivity contribution in [3.05, 3.63) is 35.4 Å². The second-order valence-corrected chi connectivity index (χ2v) is 8.51. The summed E-state index contributed by atoms with van der Waals surface area (Å²) in [5, 5.41) is 10.2. The first-order valence-corrected chi connectivity index (χ1v) is 9.96. The third kappa shape index (κ3) is 6.90. The second kappa shape index (κ2) is 9.68. The number of urea groups is 1. The first kappa shape index (κ1) is 24.0. The fourth-order valence-electron chi connectivity index (χ4n) is 3.94. The Balaban J connectivity index is 0.000000396. The molecule has 1 saturated heterocycles. The van der Waals surface area contributed by atoms with Crippen molar-refractivity contribution in [1.29, 1.82) is 0 Å². The van der Waals surface area contributed by atoms with E-state index < -0.39 is 12.1 Å². The topological polar surface area (TPSA) is 72.9 Å². The van der Waals surface area contributed by atoms with Crippen LogP contribution in [-0.2, 0) is 11.3 Å². The number of aryl methyl sites for hydroxylation is 1. The predicted molar refractivity (Wildman–Crippen MR) is 107 cm³/mol. The molecule has 1 aromatic carbocycles. The number of rotatable bonds is 3. The zero-order valence-electron chi connectivity index (χ0n) is 17.6. The molecule has 0 bridgehead atoms. The zero-order valence-corrected chi connectivity index (χ0v) is 17.6. The van der Waals surface area contributed by atoms with Crippen LogP contribution < -0.4 is 5.32 Å². The van der Waals surface area contributed by atoms with Crippen molar-refractivity contribution in [3.8, 4) is 0 Å². The summed E-state index contributed by atoms with van der Waals surface area (Å²) in [6.07, 6.45) is -0.226. The quantitative estimate of drug-likeness (QED) is 0.770. The van der Waals surface area contributed by atoms with Gasteiger partial charge in [0.05, 0.1) is 0 Å². The molecule has 2 amide bonds. The van der Waals surface area contributed by atoms with E-state index in [0.29, 0.717) is 11.5 Å². The molecule has 0 unspecified atom stereocenters. The average Bonchev–Trinajstić information content (AvgIpc) is 2.63. The average molecular weight is 429 g/mol. The molecule has 1 aliphatic heterocycles. The molecule has 6 nitrogen and oxygen atoms in total. The highest BCUT2D eigenvalue weighted by molar-refractivity contribution is 5.74. The lowest BCUT2D eigenvalue weighted by Crippen LogP contribution is -2.56. The molecule has 1 aromatic rings. The third-order valence-electron chi connectivity index (χ3n) is 5.78. The molecule has 30 heavy (non-hydrogen) atoms. The number of alkyl halides is 3. The standard InChI is InChI=1S/C19H29N3O.C2HF3O2/c1-15-4-6-16(7-5-15)14-22-10-8-19(9-11-22)12-17(13-19)20-18(23)21(2)3;3-2(4,5)1(6)7/h4-7,17H,8-14H2,1-3H3,(H,20,23);(H,6,7). The van der Waals surface area contributed by atoms with Crippen LogP contribution in [0.5, 0.6) is 0 Å². The van der Waals surface area contributed by atoms with E-state index in [-0.39, 0.29) is 6.03 Å². The van der Waals surface area contributed by atoms with Gasteiger partial charge in [-0.2, -0.15) is 13.2 Å². The number of hydrogen-bond acceptors (Lipinski definition) is 3. The van der Waals surface area contributed by atoms with Crippen LogP contribution in [-0.4, -0.2) is 66.3 Å². The van der Waals surface area contributed by atoms with Gasteiger partial charge in [-0.3, -0.25) is 4.90 Å². The molecule has 9 heteroatoms. The molecule has 0 atom stereocenters. The Kier molecular flexibility index (Phi) is 7.74. The maximum absolute atomic E-state index is 11.7. The molecule has 2 fully saturated rings. The van der Waals surface area contributed by atoms with Gasteiger partial charge in [0.1, 0.15) is 0 Å².